The Labute approximate surface area is 98.0 Å². The Morgan fingerprint density at radius 3 is 2.69 bits per heavy atom. The third-order valence-electron chi connectivity index (χ3n) is 3.54. The van der Waals surface area contributed by atoms with Gasteiger partial charge in [-0.1, -0.05) is 0 Å². The number of rotatable bonds is 4. The van der Waals surface area contributed by atoms with E-state index in [-0.39, 0.29) is 0 Å². The van der Waals surface area contributed by atoms with Gasteiger partial charge in [0.25, 0.3) is 0 Å². The van der Waals surface area contributed by atoms with Gasteiger partial charge in [0.15, 0.2) is 5.88 Å². The van der Waals surface area contributed by atoms with Crippen molar-refractivity contribution in [1.82, 2.24) is 4.90 Å². The van der Waals surface area contributed by atoms with Gasteiger partial charge in [0.1, 0.15) is 5.76 Å². The molecule has 0 amide bonds. The zero-order valence-electron chi connectivity index (χ0n) is 10.6. The van der Waals surface area contributed by atoms with Gasteiger partial charge in [0.2, 0.25) is 0 Å². The van der Waals surface area contributed by atoms with Crippen LogP contribution in [-0.2, 0) is 0 Å². The summed E-state index contributed by atoms with van der Waals surface area (Å²) in [6.45, 7) is 7.51. The second-order valence-corrected chi connectivity index (χ2v) is 4.49. The van der Waals surface area contributed by atoms with E-state index in [2.05, 4.69) is 42.8 Å². The average molecular weight is 222 g/mol. The third kappa shape index (κ3) is 2.09. The zero-order valence-corrected chi connectivity index (χ0v) is 10.6. The minimum atomic E-state index is 0.490. The van der Waals surface area contributed by atoms with E-state index in [4.69, 9.17) is 4.42 Å². The molecule has 1 aliphatic heterocycles. The summed E-state index contributed by atoms with van der Waals surface area (Å²) in [5.74, 6) is 2.14. The minimum Gasteiger partial charge on any atom is -0.444 e. The number of hydrogen-bond acceptors (Lipinski definition) is 3. The Morgan fingerprint density at radius 2 is 2.12 bits per heavy atom. The van der Waals surface area contributed by atoms with Gasteiger partial charge in [-0.15, -0.1) is 0 Å². The van der Waals surface area contributed by atoms with E-state index < -0.39 is 0 Å². The molecule has 16 heavy (non-hydrogen) atoms. The van der Waals surface area contributed by atoms with Gasteiger partial charge in [-0.2, -0.15) is 0 Å². The Bertz CT molecular complexity index is 330. The standard InChI is InChI=1S/C13H22N2O/c1-4-15(5-2)13-9-8-12(16-13)11-7-6-10-14(11)3/h8-9,11H,4-7,10H2,1-3H3/t11-/m0/s1. The van der Waals surface area contributed by atoms with Gasteiger partial charge in [-0.05, 0) is 46.3 Å². The maximum Gasteiger partial charge on any atom is 0.195 e. The average Bonchev–Trinajstić information content (AvgIpc) is 2.89. The lowest BCUT2D eigenvalue weighted by atomic mass is 10.2. The van der Waals surface area contributed by atoms with Crippen LogP contribution in [0.3, 0.4) is 0 Å². The van der Waals surface area contributed by atoms with Crippen LogP contribution in [-0.4, -0.2) is 31.6 Å². The number of nitrogens with zero attached hydrogens (tertiary/aromatic N) is 2. The SMILES string of the molecule is CCN(CC)c1ccc([C@@H]2CCCN2C)o1. The van der Waals surface area contributed by atoms with Crippen molar-refractivity contribution in [2.45, 2.75) is 32.7 Å². The summed E-state index contributed by atoms with van der Waals surface area (Å²) in [6.07, 6.45) is 2.50. The summed E-state index contributed by atoms with van der Waals surface area (Å²) in [5, 5.41) is 0. The Balaban J connectivity index is 2.12. The molecule has 0 N–H and O–H groups in total. The molecule has 90 valence electrons. The van der Waals surface area contributed by atoms with Crippen LogP contribution in [0.15, 0.2) is 16.5 Å². The van der Waals surface area contributed by atoms with Gasteiger partial charge >= 0.3 is 0 Å². The highest BCUT2D eigenvalue weighted by Gasteiger charge is 2.25. The van der Waals surface area contributed by atoms with Crippen LogP contribution in [0.1, 0.15) is 38.5 Å². The predicted molar refractivity (Wildman–Crippen MR) is 66.9 cm³/mol. The van der Waals surface area contributed by atoms with Crippen LogP contribution < -0.4 is 4.90 Å². The van der Waals surface area contributed by atoms with Crippen LogP contribution in [0.2, 0.25) is 0 Å². The molecule has 2 rings (SSSR count). The molecule has 0 unspecified atom stereocenters. The lowest BCUT2D eigenvalue weighted by molar-refractivity contribution is 0.277. The summed E-state index contributed by atoms with van der Waals surface area (Å²) in [6, 6.07) is 4.73. The molecule has 0 aliphatic carbocycles. The summed E-state index contributed by atoms with van der Waals surface area (Å²) in [7, 11) is 2.18. The molecule has 1 aromatic heterocycles. The summed E-state index contributed by atoms with van der Waals surface area (Å²) >= 11 is 0. The molecule has 0 saturated carbocycles. The molecule has 1 fully saturated rings. The van der Waals surface area contributed by atoms with Crippen molar-refractivity contribution < 1.29 is 4.42 Å². The van der Waals surface area contributed by atoms with Gasteiger partial charge < -0.3 is 9.32 Å². The second kappa shape index (κ2) is 4.91. The first-order chi connectivity index (χ1) is 7.76. The number of hydrogen-bond donors (Lipinski definition) is 0. The topological polar surface area (TPSA) is 19.6 Å². The van der Waals surface area contributed by atoms with Gasteiger partial charge in [-0.25, -0.2) is 0 Å². The Morgan fingerprint density at radius 1 is 1.38 bits per heavy atom. The van der Waals surface area contributed by atoms with E-state index in [1.807, 2.05) is 0 Å². The third-order valence-corrected chi connectivity index (χ3v) is 3.54. The highest BCUT2D eigenvalue weighted by Crippen LogP contribution is 2.33. The van der Waals surface area contributed by atoms with E-state index >= 15 is 0 Å². The monoisotopic (exact) mass is 222 g/mol. The van der Waals surface area contributed by atoms with Crippen molar-refractivity contribution in [3.05, 3.63) is 17.9 Å². The molecular weight excluding hydrogens is 200 g/mol. The van der Waals surface area contributed by atoms with Gasteiger partial charge in [0.05, 0.1) is 6.04 Å². The van der Waals surface area contributed by atoms with E-state index in [1.165, 1.54) is 19.4 Å². The van der Waals surface area contributed by atoms with Crippen LogP contribution in [0.5, 0.6) is 0 Å². The molecule has 0 aromatic carbocycles. The van der Waals surface area contributed by atoms with Crippen molar-refractivity contribution in [3.63, 3.8) is 0 Å². The fraction of sp³-hybridized carbons (Fsp3) is 0.692. The van der Waals surface area contributed by atoms with E-state index in [9.17, 15) is 0 Å². The molecule has 3 nitrogen and oxygen atoms in total. The van der Waals surface area contributed by atoms with E-state index in [1.54, 1.807) is 0 Å². The molecule has 3 heteroatoms. The van der Waals surface area contributed by atoms with Crippen LogP contribution >= 0.6 is 0 Å². The first-order valence-corrected chi connectivity index (χ1v) is 6.31. The van der Waals surface area contributed by atoms with Gasteiger partial charge in [-0.3, -0.25) is 4.90 Å². The van der Waals surface area contributed by atoms with Crippen molar-refractivity contribution in [3.8, 4) is 0 Å². The molecular formula is C13H22N2O. The minimum absolute atomic E-state index is 0.490. The van der Waals surface area contributed by atoms with Crippen LogP contribution in [0.4, 0.5) is 5.88 Å². The summed E-state index contributed by atoms with van der Waals surface area (Å²) < 4.78 is 5.97. The van der Waals surface area contributed by atoms with Crippen molar-refractivity contribution in [2.24, 2.45) is 0 Å². The fourth-order valence-electron chi connectivity index (χ4n) is 2.50. The predicted octanol–water partition coefficient (Wildman–Crippen LogP) is 2.89. The van der Waals surface area contributed by atoms with Crippen LogP contribution in [0, 0.1) is 0 Å². The normalized spacial score (nSPS) is 21.6. The maximum atomic E-state index is 5.97. The summed E-state index contributed by atoms with van der Waals surface area (Å²) in [5.41, 5.74) is 0. The molecule has 1 saturated heterocycles. The molecule has 0 bridgehead atoms. The Hall–Kier alpha value is -0.960. The number of furan rings is 1. The zero-order chi connectivity index (χ0) is 11.5. The molecule has 0 radical (unpaired) electrons. The van der Waals surface area contributed by atoms with Crippen molar-refractivity contribution >= 4 is 5.88 Å². The summed E-state index contributed by atoms with van der Waals surface area (Å²) in [4.78, 5) is 4.63. The fourth-order valence-corrected chi connectivity index (χ4v) is 2.50. The van der Waals surface area contributed by atoms with E-state index in [0.29, 0.717) is 6.04 Å². The molecule has 2 heterocycles. The van der Waals surface area contributed by atoms with Crippen molar-refractivity contribution in [1.29, 1.82) is 0 Å². The first-order valence-electron chi connectivity index (χ1n) is 6.31. The van der Waals surface area contributed by atoms with Crippen LogP contribution in [0.25, 0.3) is 0 Å². The molecule has 0 spiro atoms. The quantitative estimate of drug-likeness (QED) is 0.781. The highest BCUT2D eigenvalue weighted by atomic mass is 16.4. The number of anilines is 1. The largest absolute Gasteiger partial charge is 0.444 e. The van der Waals surface area contributed by atoms with Gasteiger partial charge in [0, 0.05) is 19.2 Å². The Kier molecular flexibility index (Phi) is 3.54. The lowest BCUT2D eigenvalue weighted by Crippen LogP contribution is -2.21. The molecule has 1 aliphatic rings. The highest BCUT2D eigenvalue weighted by molar-refractivity contribution is 5.36. The van der Waals surface area contributed by atoms with E-state index in [0.717, 1.165) is 24.7 Å². The lowest BCUT2D eigenvalue weighted by Gasteiger charge is -2.19. The number of likely N-dealkylation sites (tertiary alicyclic amines) is 1. The first kappa shape index (κ1) is 11.5. The molecule has 1 atom stereocenters. The smallest absolute Gasteiger partial charge is 0.195 e. The molecule has 1 aromatic rings. The second-order valence-electron chi connectivity index (χ2n) is 4.49. The van der Waals surface area contributed by atoms with Crippen molar-refractivity contribution in [2.75, 3.05) is 31.6 Å². The maximum absolute atomic E-state index is 5.97.